The highest BCUT2D eigenvalue weighted by Gasteiger charge is 2.56. The van der Waals surface area contributed by atoms with E-state index in [1.807, 2.05) is 0 Å². The van der Waals surface area contributed by atoms with Crippen molar-refractivity contribution in [3.63, 3.8) is 0 Å². The molecule has 1 nitrogen and oxygen atoms in total. The fourth-order valence-corrected chi connectivity index (χ4v) is 3.32. The predicted molar refractivity (Wildman–Crippen MR) is 48.4 cm³/mol. The van der Waals surface area contributed by atoms with Crippen molar-refractivity contribution in [3.8, 4) is 0 Å². The minimum Gasteiger partial charge on any atom is -0.234 e. The van der Waals surface area contributed by atoms with Crippen molar-refractivity contribution in [2.75, 3.05) is 0 Å². The van der Waals surface area contributed by atoms with Crippen molar-refractivity contribution >= 4 is 5.94 Å². The minimum atomic E-state index is 0.134. The Kier molecular flexibility index (Phi) is 1.36. The Morgan fingerprint density at radius 3 is 2.42 bits per heavy atom. The summed E-state index contributed by atoms with van der Waals surface area (Å²) in [4.78, 5) is 10.9. The third kappa shape index (κ3) is 0.728. The van der Waals surface area contributed by atoms with E-state index in [9.17, 15) is 4.79 Å². The number of hydrogen-bond acceptors (Lipinski definition) is 1. The zero-order valence-electron chi connectivity index (χ0n) is 8.11. The molecule has 2 saturated carbocycles. The smallest absolute Gasteiger partial charge is 0.124 e. The van der Waals surface area contributed by atoms with Crippen LogP contribution in [0.4, 0.5) is 0 Å². The van der Waals surface area contributed by atoms with Gasteiger partial charge in [-0.15, -0.1) is 0 Å². The fourth-order valence-electron chi connectivity index (χ4n) is 3.32. The quantitative estimate of drug-likeness (QED) is 0.503. The summed E-state index contributed by atoms with van der Waals surface area (Å²) in [6.45, 7) is 6.62. The third-order valence-electron chi connectivity index (χ3n) is 4.11. The Hall–Kier alpha value is -0.550. The Balaban J connectivity index is 2.52. The van der Waals surface area contributed by atoms with Gasteiger partial charge in [0.25, 0.3) is 0 Å². The summed E-state index contributed by atoms with van der Waals surface area (Å²) >= 11 is 0. The van der Waals surface area contributed by atoms with Crippen LogP contribution in [0.1, 0.15) is 40.0 Å². The van der Waals surface area contributed by atoms with E-state index < -0.39 is 0 Å². The molecule has 0 aromatic heterocycles. The number of rotatable bonds is 0. The van der Waals surface area contributed by atoms with Crippen molar-refractivity contribution in [2.45, 2.75) is 40.0 Å². The summed E-state index contributed by atoms with van der Waals surface area (Å²) in [6.07, 6.45) is 3.71. The highest BCUT2D eigenvalue weighted by Crippen LogP contribution is 2.64. The van der Waals surface area contributed by atoms with Crippen molar-refractivity contribution in [2.24, 2.45) is 16.7 Å². The molecule has 0 aromatic carbocycles. The molecule has 0 amide bonds. The maximum Gasteiger partial charge on any atom is 0.124 e. The highest BCUT2D eigenvalue weighted by atomic mass is 16.1. The van der Waals surface area contributed by atoms with Crippen LogP contribution in [-0.2, 0) is 4.79 Å². The molecule has 1 heteroatoms. The first kappa shape index (κ1) is 8.07. The SMILES string of the molecule is CC1(C)C(=C=O)[C@]2(C)CC[C@H]1C2. The number of fused-ring (bicyclic) bond motifs is 2. The molecule has 0 unspecified atom stereocenters. The van der Waals surface area contributed by atoms with E-state index in [0.717, 1.165) is 11.5 Å². The van der Waals surface area contributed by atoms with E-state index >= 15 is 0 Å². The second kappa shape index (κ2) is 2.03. The average Bonchev–Trinajstić information content (AvgIpc) is 2.39. The topological polar surface area (TPSA) is 17.1 Å². The van der Waals surface area contributed by atoms with Gasteiger partial charge in [0.2, 0.25) is 0 Å². The van der Waals surface area contributed by atoms with Crippen molar-refractivity contribution in [1.82, 2.24) is 0 Å². The molecule has 0 radical (unpaired) electrons. The normalized spacial score (nSPS) is 43.2. The van der Waals surface area contributed by atoms with Crippen LogP contribution >= 0.6 is 0 Å². The molecule has 66 valence electrons. The molecular weight excluding hydrogens is 148 g/mol. The molecule has 2 bridgehead atoms. The van der Waals surface area contributed by atoms with Crippen molar-refractivity contribution in [1.29, 1.82) is 0 Å². The summed E-state index contributed by atoms with van der Waals surface area (Å²) in [7, 11) is 0. The molecular formula is C11H16O. The number of allylic oxidation sites excluding steroid dienone is 1. The third-order valence-corrected chi connectivity index (χ3v) is 4.11. The van der Waals surface area contributed by atoms with Gasteiger partial charge in [0.1, 0.15) is 5.94 Å². The monoisotopic (exact) mass is 164 g/mol. The van der Waals surface area contributed by atoms with Gasteiger partial charge in [0, 0.05) is 11.0 Å². The van der Waals surface area contributed by atoms with Crippen LogP contribution in [0.25, 0.3) is 0 Å². The lowest BCUT2D eigenvalue weighted by Gasteiger charge is -2.33. The molecule has 2 aliphatic rings. The van der Waals surface area contributed by atoms with E-state index in [4.69, 9.17) is 0 Å². The second-order valence-corrected chi connectivity index (χ2v) is 5.20. The van der Waals surface area contributed by atoms with Gasteiger partial charge in [-0.2, -0.15) is 0 Å². The molecule has 0 heterocycles. The van der Waals surface area contributed by atoms with Gasteiger partial charge >= 0.3 is 0 Å². The predicted octanol–water partition coefficient (Wildman–Crippen LogP) is 2.59. The van der Waals surface area contributed by atoms with E-state index in [2.05, 4.69) is 26.7 Å². The molecule has 12 heavy (non-hydrogen) atoms. The molecule has 0 aliphatic heterocycles. The Labute approximate surface area is 73.8 Å². The first-order valence-electron chi connectivity index (χ1n) is 4.77. The summed E-state index contributed by atoms with van der Waals surface area (Å²) in [5.74, 6) is 2.93. The van der Waals surface area contributed by atoms with Gasteiger partial charge in [-0.05, 0) is 30.6 Å². The standard InChI is InChI=1S/C11H16O/c1-10(2)8-4-5-11(3,6-8)9(10)7-12/h8H,4-6H2,1-3H3/t8-,11+/m0/s1. The minimum absolute atomic E-state index is 0.134. The fraction of sp³-hybridized carbons (Fsp3) is 0.818. The van der Waals surface area contributed by atoms with Gasteiger partial charge in [-0.25, -0.2) is 4.79 Å². The van der Waals surface area contributed by atoms with E-state index in [1.54, 1.807) is 0 Å². The van der Waals surface area contributed by atoms with Crippen LogP contribution in [0.15, 0.2) is 5.57 Å². The summed E-state index contributed by atoms with van der Waals surface area (Å²) in [6, 6.07) is 0. The molecule has 2 aliphatic carbocycles. The molecule has 0 N–H and O–H groups in total. The lowest BCUT2D eigenvalue weighted by Crippen LogP contribution is -2.26. The lowest BCUT2D eigenvalue weighted by atomic mass is 9.69. The lowest BCUT2D eigenvalue weighted by molar-refractivity contribution is 0.276. The maximum absolute atomic E-state index is 10.9. The van der Waals surface area contributed by atoms with Crippen molar-refractivity contribution in [3.05, 3.63) is 5.57 Å². The van der Waals surface area contributed by atoms with E-state index in [0.29, 0.717) is 0 Å². The van der Waals surface area contributed by atoms with Gasteiger partial charge in [-0.1, -0.05) is 20.8 Å². The Morgan fingerprint density at radius 1 is 1.42 bits per heavy atom. The molecule has 0 spiro atoms. The van der Waals surface area contributed by atoms with Crippen LogP contribution in [0.5, 0.6) is 0 Å². The molecule has 2 fully saturated rings. The summed E-state index contributed by atoms with van der Waals surface area (Å²) < 4.78 is 0. The molecule has 2 rings (SSSR count). The maximum atomic E-state index is 10.9. The molecule has 0 aromatic rings. The van der Waals surface area contributed by atoms with Crippen molar-refractivity contribution < 1.29 is 4.79 Å². The first-order chi connectivity index (χ1) is 5.50. The van der Waals surface area contributed by atoms with Crippen LogP contribution < -0.4 is 0 Å². The van der Waals surface area contributed by atoms with Crippen LogP contribution in [-0.4, -0.2) is 5.94 Å². The number of carbonyl (C=O) groups excluding carboxylic acids is 1. The van der Waals surface area contributed by atoms with E-state index in [1.165, 1.54) is 19.3 Å². The Morgan fingerprint density at radius 2 is 2.08 bits per heavy atom. The van der Waals surface area contributed by atoms with Gasteiger partial charge in [0.15, 0.2) is 0 Å². The Bertz CT molecular complexity index is 264. The molecule has 0 saturated heterocycles. The van der Waals surface area contributed by atoms with E-state index in [-0.39, 0.29) is 10.8 Å². The summed E-state index contributed by atoms with van der Waals surface area (Å²) in [5, 5.41) is 0. The molecule has 2 atom stereocenters. The van der Waals surface area contributed by atoms with Crippen LogP contribution in [0.3, 0.4) is 0 Å². The average molecular weight is 164 g/mol. The van der Waals surface area contributed by atoms with Crippen LogP contribution in [0, 0.1) is 16.7 Å². The highest BCUT2D eigenvalue weighted by molar-refractivity contribution is 5.60. The first-order valence-corrected chi connectivity index (χ1v) is 4.77. The zero-order chi connectivity index (χ0) is 8.98. The van der Waals surface area contributed by atoms with Crippen LogP contribution in [0.2, 0.25) is 0 Å². The van der Waals surface area contributed by atoms with Gasteiger partial charge in [0.05, 0.1) is 0 Å². The summed E-state index contributed by atoms with van der Waals surface area (Å²) in [5.41, 5.74) is 1.39. The van der Waals surface area contributed by atoms with Gasteiger partial charge in [-0.3, -0.25) is 0 Å². The number of hydrogen-bond donors (Lipinski definition) is 0. The zero-order valence-corrected chi connectivity index (χ0v) is 8.11. The van der Waals surface area contributed by atoms with Gasteiger partial charge < -0.3 is 0 Å². The second-order valence-electron chi connectivity index (χ2n) is 5.20. The largest absolute Gasteiger partial charge is 0.234 e.